The number of furan rings is 1. The van der Waals surface area contributed by atoms with Crippen molar-refractivity contribution < 1.29 is 4.42 Å². The van der Waals surface area contributed by atoms with Gasteiger partial charge in [-0.25, -0.2) is 9.67 Å². The van der Waals surface area contributed by atoms with Gasteiger partial charge in [0.25, 0.3) is 0 Å². The highest BCUT2D eigenvalue weighted by atomic mass is 16.3. The Morgan fingerprint density at radius 2 is 1.95 bits per heavy atom. The fraction of sp³-hybridized carbons (Fsp3) is 0.571. The molecular formula is C14H22N4O. The molecule has 0 radical (unpaired) electrons. The number of hydrogen-bond donors (Lipinski definition) is 1. The van der Waals surface area contributed by atoms with E-state index in [2.05, 4.69) is 23.9 Å². The van der Waals surface area contributed by atoms with E-state index in [9.17, 15) is 0 Å². The lowest BCUT2D eigenvalue weighted by Crippen LogP contribution is -2.19. The Morgan fingerprint density at radius 1 is 1.26 bits per heavy atom. The number of aryl methyl sites for hydroxylation is 2. The summed E-state index contributed by atoms with van der Waals surface area (Å²) in [5.74, 6) is 2.76. The van der Waals surface area contributed by atoms with Crippen molar-refractivity contribution in [2.24, 2.45) is 5.73 Å². The molecule has 0 aromatic carbocycles. The summed E-state index contributed by atoms with van der Waals surface area (Å²) in [4.78, 5) is 4.31. The Labute approximate surface area is 113 Å². The van der Waals surface area contributed by atoms with E-state index in [1.807, 2.05) is 25.5 Å². The van der Waals surface area contributed by atoms with Crippen LogP contribution >= 0.6 is 0 Å². The molecule has 0 amide bonds. The van der Waals surface area contributed by atoms with E-state index in [-0.39, 0.29) is 12.1 Å². The van der Waals surface area contributed by atoms with Crippen molar-refractivity contribution in [1.29, 1.82) is 0 Å². The maximum Gasteiger partial charge on any atom is 0.138 e. The van der Waals surface area contributed by atoms with Gasteiger partial charge in [-0.1, -0.05) is 0 Å². The van der Waals surface area contributed by atoms with Crippen molar-refractivity contribution in [3.8, 4) is 0 Å². The lowest BCUT2D eigenvalue weighted by Gasteiger charge is -2.14. The van der Waals surface area contributed by atoms with E-state index >= 15 is 0 Å². The van der Waals surface area contributed by atoms with E-state index in [0.717, 1.165) is 28.5 Å². The van der Waals surface area contributed by atoms with Gasteiger partial charge in [-0.2, -0.15) is 5.10 Å². The first-order valence-electron chi connectivity index (χ1n) is 6.62. The molecule has 5 nitrogen and oxygen atoms in total. The van der Waals surface area contributed by atoms with Crippen molar-refractivity contribution in [2.45, 2.75) is 53.1 Å². The zero-order chi connectivity index (χ0) is 14.2. The maximum absolute atomic E-state index is 6.33. The van der Waals surface area contributed by atoms with Crippen molar-refractivity contribution in [3.63, 3.8) is 0 Å². The highest BCUT2D eigenvalue weighted by molar-refractivity contribution is 5.34. The van der Waals surface area contributed by atoms with Gasteiger partial charge in [-0.05, 0) is 40.2 Å². The lowest BCUT2D eigenvalue weighted by molar-refractivity contribution is 0.483. The third kappa shape index (κ3) is 2.56. The number of nitrogens with two attached hydrogens (primary N) is 1. The Bertz CT molecular complexity index is 568. The van der Waals surface area contributed by atoms with Crippen LogP contribution in [0.5, 0.6) is 0 Å². The van der Waals surface area contributed by atoms with Gasteiger partial charge in [0.2, 0.25) is 0 Å². The van der Waals surface area contributed by atoms with Gasteiger partial charge in [0, 0.05) is 24.1 Å². The number of hydrogen-bond acceptors (Lipinski definition) is 4. The fourth-order valence-electron chi connectivity index (χ4n) is 2.50. The molecule has 19 heavy (non-hydrogen) atoms. The molecule has 2 heterocycles. The summed E-state index contributed by atoms with van der Waals surface area (Å²) in [6, 6.07) is 0.178. The van der Waals surface area contributed by atoms with Crippen molar-refractivity contribution in [2.75, 3.05) is 0 Å². The first-order chi connectivity index (χ1) is 8.91. The summed E-state index contributed by atoms with van der Waals surface area (Å²) in [6.07, 6.45) is 2.25. The van der Waals surface area contributed by atoms with Crippen molar-refractivity contribution in [1.82, 2.24) is 14.8 Å². The molecule has 1 atom stereocenters. The molecule has 0 spiro atoms. The molecule has 0 saturated carbocycles. The zero-order valence-corrected chi connectivity index (χ0v) is 12.3. The third-order valence-corrected chi connectivity index (χ3v) is 3.53. The van der Waals surface area contributed by atoms with Crippen LogP contribution in [-0.4, -0.2) is 14.8 Å². The summed E-state index contributed by atoms with van der Waals surface area (Å²) < 4.78 is 7.55. The van der Waals surface area contributed by atoms with Crippen LogP contribution in [0.25, 0.3) is 0 Å². The average Bonchev–Trinajstić information content (AvgIpc) is 2.85. The van der Waals surface area contributed by atoms with Crippen molar-refractivity contribution in [3.05, 3.63) is 34.8 Å². The van der Waals surface area contributed by atoms with Crippen LogP contribution in [0.15, 0.2) is 10.7 Å². The number of aromatic nitrogens is 3. The molecule has 0 saturated heterocycles. The summed E-state index contributed by atoms with van der Waals surface area (Å²) in [5.41, 5.74) is 8.56. The summed E-state index contributed by atoms with van der Waals surface area (Å²) in [5, 5.41) is 4.24. The molecule has 0 aliphatic heterocycles. The standard InChI is InChI=1S/C14H22N4O/c1-8(2)18-13(16-7-17-18)6-12(15)14-9(3)10(4)19-11(14)5/h7-8,12H,6,15H2,1-5H3. The second kappa shape index (κ2) is 5.17. The topological polar surface area (TPSA) is 69.9 Å². The smallest absolute Gasteiger partial charge is 0.138 e. The summed E-state index contributed by atoms with van der Waals surface area (Å²) in [6.45, 7) is 10.1. The Morgan fingerprint density at radius 3 is 2.47 bits per heavy atom. The van der Waals surface area contributed by atoms with Crippen LogP contribution in [0, 0.1) is 20.8 Å². The van der Waals surface area contributed by atoms with Gasteiger partial charge in [0.1, 0.15) is 23.7 Å². The third-order valence-electron chi connectivity index (χ3n) is 3.53. The van der Waals surface area contributed by atoms with Crippen LogP contribution in [0.1, 0.15) is 54.4 Å². The molecule has 0 fully saturated rings. The predicted octanol–water partition coefficient (Wildman–Crippen LogP) is 2.62. The molecule has 0 bridgehead atoms. The molecule has 0 aliphatic carbocycles. The summed E-state index contributed by atoms with van der Waals surface area (Å²) >= 11 is 0. The molecule has 2 aromatic rings. The van der Waals surface area contributed by atoms with E-state index < -0.39 is 0 Å². The fourth-order valence-corrected chi connectivity index (χ4v) is 2.50. The normalized spacial score (nSPS) is 13.2. The van der Waals surface area contributed by atoms with E-state index in [1.54, 1.807) is 6.33 Å². The first-order valence-corrected chi connectivity index (χ1v) is 6.62. The van der Waals surface area contributed by atoms with Crippen LogP contribution in [-0.2, 0) is 6.42 Å². The Hall–Kier alpha value is -1.62. The van der Waals surface area contributed by atoms with E-state index in [4.69, 9.17) is 10.2 Å². The van der Waals surface area contributed by atoms with Gasteiger partial charge in [0.15, 0.2) is 0 Å². The Balaban J connectivity index is 2.26. The molecule has 2 rings (SSSR count). The zero-order valence-electron chi connectivity index (χ0n) is 12.3. The second-order valence-electron chi connectivity index (χ2n) is 5.28. The average molecular weight is 262 g/mol. The predicted molar refractivity (Wildman–Crippen MR) is 74.0 cm³/mol. The van der Waals surface area contributed by atoms with E-state index in [1.165, 1.54) is 0 Å². The second-order valence-corrected chi connectivity index (χ2v) is 5.28. The molecule has 104 valence electrons. The monoisotopic (exact) mass is 262 g/mol. The molecule has 5 heteroatoms. The highest BCUT2D eigenvalue weighted by Gasteiger charge is 2.20. The SMILES string of the molecule is Cc1oc(C)c(C(N)Cc2ncnn2C(C)C)c1C. The van der Waals surface area contributed by atoms with Gasteiger partial charge in [0.05, 0.1) is 0 Å². The number of rotatable bonds is 4. The largest absolute Gasteiger partial charge is 0.466 e. The molecular weight excluding hydrogens is 240 g/mol. The highest BCUT2D eigenvalue weighted by Crippen LogP contribution is 2.27. The minimum absolute atomic E-state index is 0.112. The van der Waals surface area contributed by atoms with Crippen LogP contribution in [0.2, 0.25) is 0 Å². The molecule has 2 N–H and O–H groups in total. The summed E-state index contributed by atoms with van der Waals surface area (Å²) in [7, 11) is 0. The maximum atomic E-state index is 6.33. The van der Waals surface area contributed by atoms with Gasteiger partial charge in [-0.3, -0.25) is 0 Å². The molecule has 1 unspecified atom stereocenters. The lowest BCUT2D eigenvalue weighted by atomic mass is 10.00. The van der Waals surface area contributed by atoms with Gasteiger partial charge >= 0.3 is 0 Å². The van der Waals surface area contributed by atoms with Crippen LogP contribution in [0.4, 0.5) is 0 Å². The Kier molecular flexibility index (Phi) is 3.75. The molecule has 2 aromatic heterocycles. The minimum Gasteiger partial charge on any atom is -0.466 e. The van der Waals surface area contributed by atoms with Crippen molar-refractivity contribution >= 4 is 0 Å². The quantitative estimate of drug-likeness (QED) is 0.919. The van der Waals surface area contributed by atoms with Gasteiger partial charge in [-0.15, -0.1) is 0 Å². The van der Waals surface area contributed by atoms with E-state index in [0.29, 0.717) is 6.42 Å². The molecule has 0 aliphatic rings. The first kappa shape index (κ1) is 13.8. The van der Waals surface area contributed by atoms with Gasteiger partial charge < -0.3 is 10.2 Å². The van der Waals surface area contributed by atoms with Crippen LogP contribution < -0.4 is 5.73 Å². The minimum atomic E-state index is -0.112. The van der Waals surface area contributed by atoms with Crippen LogP contribution in [0.3, 0.4) is 0 Å². The number of nitrogens with zero attached hydrogens (tertiary/aromatic N) is 3.